The summed E-state index contributed by atoms with van der Waals surface area (Å²) >= 11 is 0. The van der Waals surface area contributed by atoms with Crippen LogP contribution in [-0.4, -0.2) is 40.7 Å². The first-order valence-electron chi connectivity index (χ1n) is 10.3. The van der Waals surface area contributed by atoms with Gasteiger partial charge in [0.25, 0.3) is 0 Å². The lowest BCUT2D eigenvalue weighted by molar-refractivity contribution is -0.137. The molecule has 0 spiro atoms. The molecule has 2 aliphatic rings. The summed E-state index contributed by atoms with van der Waals surface area (Å²) in [6, 6.07) is 0. The smallest absolute Gasteiger partial charge is 0.303 e. The third-order valence-corrected chi connectivity index (χ3v) is 6.04. The number of hydrogen-bond donors (Lipinski definition) is 2. The van der Waals surface area contributed by atoms with E-state index in [1.165, 1.54) is 0 Å². The number of ether oxygens (including phenoxy) is 1. The lowest BCUT2D eigenvalue weighted by Gasteiger charge is -2.19. The second-order valence-electron chi connectivity index (χ2n) is 8.16. The maximum absolute atomic E-state index is 13.9. The Morgan fingerprint density at radius 3 is 2.77 bits per heavy atom. The minimum absolute atomic E-state index is 0.214. The number of aliphatic carboxylic acids is 1. The molecule has 4 nitrogen and oxygen atoms in total. The zero-order valence-corrected chi connectivity index (χ0v) is 16.1. The van der Waals surface area contributed by atoms with E-state index in [1.807, 2.05) is 13.0 Å². The molecular formula is C21H35FO4. The number of allylic oxidation sites excluding steroid dienone is 1. The van der Waals surface area contributed by atoms with Gasteiger partial charge in [-0.3, -0.25) is 4.79 Å². The highest BCUT2D eigenvalue weighted by atomic mass is 19.1. The van der Waals surface area contributed by atoms with Gasteiger partial charge in [-0.2, -0.15) is 0 Å². The van der Waals surface area contributed by atoms with Crippen LogP contribution in [-0.2, 0) is 9.53 Å². The van der Waals surface area contributed by atoms with E-state index in [2.05, 4.69) is 6.92 Å². The van der Waals surface area contributed by atoms with Gasteiger partial charge in [-0.25, -0.2) is 4.39 Å². The van der Waals surface area contributed by atoms with Gasteiger partial charge in [0.2, 0.25) is 0 Å². The molecule has 0 aromatic heterocycles. The van der Waals surface area contributed by atoms with E-state index in [1.54, 1.807) is 6.08 Å². The summed E-state index contributed by atoms with van der Waals surface area (Å²) in [6.45, 7) is 4.22. The number of aliphatic hydroxyl groups is 1. The molecule has 1 aliphatic heterocycles. The molecule has 0 radical (unpaired) electrons. The van der Waals surface area contributed by atoms with Crippen LogP contribution in [0.4, 0.5) is 4.39 Å². The van der Waals surface area contributed by atoms with E-state index >= 15 is 0 Å². The Bertz CT molecular complexity index is 467. The van der Waals surface area contributed by atoms with E-state index in [4.69, 9.17) is 9.84 Å². The molecule has 0 unspecified atom stereocenters. The number of hydrogen-bond acceptors (Lipinski definition) is 3. The number of unbranched alkanes of at least 4 members (excludes halogenated alkanes) is 2. The quantitative estimate of drug-likeness (QED) is 0.415. The van der Waals surface area contributed by atoms with E-state index < -0.39 is 18.2 Å². The lowest BCUT2D eigenvalue weighted by atomic mass is 9.86. The minimum Gasteiger partial charge on any atom is -0.481 e. The van der Waals surface area contributed by atoms with E-state index in [9.17, 15) is 14.3 Å². The second kappa shape index (κ2) is 10.4. The molecule has 2 N–H and O–H groups in total. The Labute approximate surface area is 156 Å². The van der Waals surface area contributed by atoms with Crippen molar-refractivity contribution in [3.8, 4) is 0 Å². The third-order valence-electron chi connectivity index (χ3n) is 6.04. The fourth-order valence-corrected chi connectivity index (χ4v) is 4.54. The topological polar surface area (TPSA) is 66.8 Å². The summed E-state index contributed by atoms with van der Waals surface area (Å²) < 4.78 is 20.1. The fourth-order valence-electron chi connectivity index (χ4n) is 4.54. The number of aliphatic hydroxyl groups excluding tert-OH is 1. The van der Waals surface area contributed by atoms with Crippen molar-refractivity contribution in [2.24, 2.45) is 17.8 Å². The first kappa shape index (κ1) is 21.4. The monoisotopic (exact) mass is 370 g/mol. The van der Waals surface area contributed by atoms with Crippen LogP contribution in [0.2, 0.25) is 0 Å². The van der Waals surface area contributed by atoms with Gasteiger partial charge in [0.1, 0.15) is 12.3 Å². The Balaban J connectivity index is 1.80. The fraction of sp³-hybridized carbons (Fsp3) is 0.857. The highest BCUT2D eigenvalue weighted by molar-refractivity contribution is 5.66. The SMILES string of the molecule is CCCC[C@@H](F)[C@H](O)/C=C/[C@H]1[C@H]2C[C@H](CCCCC(=O)O)O[C@H]2C[C@H]1C. The summed E-state index contributed by atoms with van der Waals surface area (Å²) in [6.07, 6.45) is 8.82. The Hall–Kier alpha value is -0.940. The van der Waals surface area contributed by atoms with Crippen LogP contribution >= 0.6 is 0 Å². The van der Waals surface area contributed by atoms with Gasteiger partial charge >= 0.3 is 5.97 Å². The molecule has 150 valence electrons. The van der Waals surface area contributed by atoms with Gasteiger partial charge in [0, 0.05) is 6.42 Å². The molecule has 1 saturated heterocycles. The zero-order valence-electron chi connectivity index (χ0n) is 16.1. The predicted octanol–water partition coefficient (Wildman–Crippen LogP) is 4.51. The number of rotatable bonds is 11. The van der Waals surface area contributed by atoms with Gasteiger partial charge in [0.05, 0.1) is 12.2 Å². The van der Waals surface area contributed by atoms with Gasteiger partial charge in [-0.15, -0.1) is 0 Å². The van der Waals surface area contributed by atoms with Gasteiger partial charge in [0.15, 0.2) is 0 Å². The maximum atomic E-state index is 13.9. The van der Waals surface area contributed by atoms with Gasteiger partial charge in [-0.05, 0) is 49.9 Å². The number of fused-ring (bicyclic) bond motifs is 1. The van der Waals surface area contributed by atoms with Crippen molar-refractivity contribution in [3.63, 3.8) is 0 Å². The maximum Gasteiger partial charge on any atom is 0.303 e. The first-order valence-corrected chi connectivity index (χ1v) is 10.3. The molecule has 0 aromatic carbocycles. The second-order valence-corrected chi connectivity index (χ2v) is 8.16. The van der Waals surface area contributed by atoms with E-state index in [0.29, 0.717) is 30.6 Å². The van der Waals surface area contributed by atoms with Crippen LogP contribution in [0.25, 0.3) is 0 Å². The Kier molecular flexibility index (Phi) is 8.55. The number of alkyl halides is 1. The van der Waals surface area contributed by atoms with Crippen LogP contribution in [0.15, 0.2) is 12.2 Å². The van der Waals surface area contributed by atoms with Crippen molar-refractivity contribution in [2.75, 3.05) is 0 Å². The van der Waals surface area contributed by atoms with Crippen molar-refractivity contribution in [1.82, 2.24) is 0 Å². The predicted molar refractivity (Wildman–Crippen MR) is 99.7 cm³/mol. The average Bonchev–Trinajstić information content (AvgIpc) is 3.10. The van der Waals surface area contributed by atoms with E-state index in [-0.39, 0.29) is 18.6 Å². The van der Waals surface area contributed by atoms with Crippen molar-refractivity contribution in [1.29, 1.82) is 0 Å². The largest absolute Gasteiger partial charge is 0.481 e. The molecular weight excluding hydrogens is 335 g/mol. The number of carbonyl (C=O) groups is 1. The molecule has 2 rings (SSSR count). The van der Waals surface area contributed by atoms with Crippen molar-refractivity contribution < 1.29 is 24.1 Å². The molecule has 1 heterocycles. The van der Waals surface area contributed by atoms with Crippen LogP contribution in [0.3, 0.4) is 0 Å². The molecule has 2 fully saturated rings. The van der Waals surface area contributed by atoms with Gasteiger partial charge < -0.3 is 14.9 Å². The summed E-state index contributed by atoms with van der Waals surface area (Å²) in [5.74, 6) is 0.510. The van der Waals surface area contributed by atoms with Gasteiger partial charge in [-0.1, -0.05) is 45.3 Å². The number of carboxylic acid groups (broad SMARTS) is 1. The minimum atomic E-state index is -1.18. The van der Waals surface area contributed by atoms with Crippen LogP contribution in [0, 0.1) is 17.8 Å². The number of halogens is 1. The van der Waals surface area contributed by atoms with Crippen molar-refractivity contribution in [2.45, 2.75) is 96.1 Å². The van der Waals surface area contributed by atoms with E-state index in [0.717, 1.165) is 38.5 Å². The molecule has 5 heteroatoms. The lowest BCUT2D eigenvalue weighted by Crippen LogP contribution is -2.20. The average molecular weight is 371 g/mol. The highest BCUT2D eigenvalue weighted by Gasteiger charge is 2.46. The molecule has 0 amide bonds. The first-order chi connectivity index (χ1) is 12.4. The molecule has 1 aliphatic carbocycles. The summed E-state index contributed by atoms with van der Waals surface area (Å²) in [4.78, 5) is 10.6. The zero-order chi connectivity index (χ0) is 19.1. The summed E-state index contributed by atoms with van der Waals surface area (Å²) in [7, 11) is 0. The van der Waals surface area contributed by atoms with Crippen molar-refractivity contribution in [3.05, 3.63) is 12.2 Å². The van der Waals surface area contributed by atoms with Crippen LogP contribution in [0.5, 0.6) is 0 Å². The van der Waals surface area contributed by atoms with Crippen molar-refractivity contribution >= 4 is 5.97 Å². The molecule has 1 saturated carbocycles. The number of carboxylic acids is 1. The summed E-state index contributed by atoms with van der Waals surface area (Å²) in [5, 5.41) is 18.7. The van der Waals surface area contributed by atoms with Crippen LogP contribution < -0.4 is 0 Å². The molecule has 7 atom stereocenters. The molecule has 0 aromatic rings. The standard InChI is InChI=1S/C21H35FO4/c1-3-4-8-18(22)19(23)11-10-16-14(2)12-20-17(16)13-15(26-20)7-5-6-9-21(24)25/h10-11,14-20,23H,3-9,12-13H2,1-2H3,(H,24,25)/b11-10+/t14-,15+,16-,17-,18-,19-,20+/m1/s1. The highest BCUT2D eigenvalue weighted by Crippen LogP contribution is 2.47. The summed E-state index contributed by atoms with van der Waals surface area (Å²) in [5.41, 5.74) is 0. The Morgan fingerprint density at radius 1 is 1.31 bits per heavy atom. The molecule has 0 bridgehead atoms. The normalized spacial score (nSPS) is 33.5. The Morgan fingerprint density at radius 2 is 2.08 bits per heavy atom. The molecule has 26 heavy (non-hydrogen) atoms. The van der Waals surface area contributed by atoms with Crippen LogP contribution in [0.1, 0.15) is 71.6 Å². The third kappa shape index (κ3) is 6.05.